The lowest BCUT2D eigenvalue weighted by Crippen LogP contribution is -2.31. The van der Waals surface area contributed by atoms with Crippen LogP contribution >= 0.6 is 11.6 Å². The van der Waals surface area contributed by atoms with Crippen LogP contribution in [-0.2, 0) is 0 Å². The largest absolute Gasteiger partial charge is 0.340 e. The predicted octanol–water partition coefficient (Wildman–Crippen LogP) is 6.15. The Labute approximate surface area is 173 Å². The van der Waals surface area contributed by atoms with E-state index in [1.54, 1.807) is 0 Å². The zero-order valence-corrected chi connectivity index (χ0v) is 18.9. The second-order valence-electron chi connectivity index (χ2n) is 7.84. The van der Waals surface area contributed by atoms with Crippen molar-refractivity contribution in [2.24, 2.45) is 0 Å². The molecule has 1 unspecified atom stereocenters. The van der Waals surface area contributed by atoms with Crippen LogP contribution in [0.5, 0.6) is 0 Å². The maximum Gasteiger partial charge on any atom is 0.150 e. The number of aromatic nitrogens is 3. The van der Waals surface area contributed by atoms with Gasteiger partial charge in [-0.15, -0.1) is 0 Å². The molecule has 0 saturated carbocycles. The smallest absolute Gasteiger partial charge is 0.150 e. The summed E-state index contributed by atoms with van der Waals surface area (Å²) in [5.74, 6) is 1.71. The molecule has 0 aliphatic rings. The molecule has 0 aliphatic carbocycles. The third kappa shape index (κ3) is 3.75. The van der Waals surface area contributed by atoms with Crippen LogP contribution in [-0.4, -0.2) is 26.6 Å². The van der Waals surface area contributed by atoms with E-state index >= 15 is 0 Å². The summed E-state index contributed by atoms with van der Waals surface area (Å²) >= 11 is 6.57. The summed E-state index contributed by atoms with van der Waals surface area (Å²) in [4.78, 5) is 11.9. The molecule has 1 atom stereocenters. The molecule has 2 aromatic heterocycles. The van der Waals surface area contributed by atoms with E-state index in [4.69, 9.17) is 21.6 Å². The molecule has 0 spiro atoms. The van der Waals surface area contributed by atoms with E-state index < -0.39 is 0 Å². The van der Waals surface area contributed by atoms with Crippen molar-refractivity contribution < 1.29 is 0 Å². The molecule has 5 heteroatoms. The zero-order valence-electron chi connectivity index (χ0n) is 18.1. The maximum absolute atomic E-state index is 6.57. The highest BCUT2D eigenvalue weighted by atomic mass is 35.5. The van der Waals surface area contributed by atoms with Gasteiger partial charge in [-0.05, 0) is 64.7 Å². The second-order valence-corrected chi connectivity index (χ2v) is 8.48. The van der Waals surface area contributed by atoms with Gasteiger partial charge in [0.25, 0.3) is 0 Å². The van der Waals surface area contributed by atoms with Gasteiger partial charge in [-0.3, -0.25) is 0 Å². The lowest BCUT2D eigenvalue weighted by molar-refractivity contribution is 0.700. The highest BCUT2D eigenvalue weighted by Gasteiger charge is 2.22. The van der Waals surface area contributed by atoms with Crippen LogP contribution < -0.4 is 4.90 Å². The average Bonchev–Trinajstić information content (AvgIpc) is 2.90. The summed E-state index contributed by atoms with van der Waals surface area (Å²) in [6, 6.07) is 4.46. The summed E-state index contributed by atoms with van der Waals surface area (Å²) in [7, 11) is 0. The van der Waals surface area contributed by atoms with Crippen LogP contribution in [0.3, 0.4) is 0 Å². The van der Waals surface area contributed by atoms with Gasteiger partial charge in [0.05, 0.1) is 11.1 Å². The Balaban J connectivity index is 2.29. The zero-order chi connectivity index (χ0) is 20.6. The molecule has 0 N–H and O–H groups in total. The standard InChI is InChI=1S/C23H31ClN4/c1-8-9-10-27(18(6)24)22-20-17(5)13-28(23(20)26-19(7)25-22)21-15(3)11-14(2)12-16(21)4/h11-13,18H,8-10H2,1-7H3. The third-order valence-corrected chi connectivity index (χ3v) is 5.49. The number of unbranched alkanes of at least 4 members (excludes halogenated alkanes) is 1. The molecule has 150 valence electrons. The Morgan fingerprint density at radius 3 is 2.25 bits per heavy atom. The first kappa shape index (κ1) is 20.7. The SMILES string of the molecule is CCCCN(c1nc(C)nc2c1c(C)cn2-c1c(C)cc(C)cc1C)C(C)Cl. The normalized spacial score (nSPS) is 12.6. The summed E-state index contributed by atoms with van der Waals surface area (Å²) in [6.45, 7) is 15.7. The lowest BCUT2D eigenvalue weighted by atomic mass is 10.1. The topological polar surface area (TPSA) is 34.0 Å². The summed E-state index contributed by atoms with van der Waals surface area (Å²) in [5.41, 5.74) is 6.97. The molecule has 0 fully saturated rings. The fourth-order valence-corrected chi connectivity index (χ4v) is 4.29. The fourth-order valence-electron chi connectivity index (χ4n) is 4.10. The van der Waals surface area contributed by atoms with E-state index in [0.29, 0.717) is 0 Å². The number of aryl methyl sites for hydroxylation is 5. The molecule has 0 saturated heterocycles. The van der Waals surface area contributed by atoms with Crippen molar-refractivity contribution in [2.75, 3.05) is 11.4 Å². The fraction of sp³-hybridized carbons (Fsp3) is 0.478. The van der Waals surface area contributed by atoms with Crippen LogP contribution in [0.2, 0.25) is 0 Å². The lowest BCUT2D eigenvalue weighted by Gasteiger charge is -2.27. The van der Waals surface area contributed by atoms with Crippen molar-refractivity contribution in [1.29, 1.82) is 0 Å². The number of benzene rings is 1. The molecule has 0 aliphatic heterocycles. The molecular formula is C23H31ClN4. The number of rotatable bonds is 6. The van der Waals surface area contributed by atoms with Crippen LogP contribution in [0.4, 0.5) is 5.82 Å². The summed E-state index contributed by atoms with van der Waals surface area (Å²) < 4.78 is 2.23. The molecule has 0 amide bonds. The molecule has 0 radical (unpaired) electrons. The molecule has 28 heavy (non-hydrogen) atoms. The summed E-state index contributed by atoms with van der Waals surface area (Å²) in [6.07, 6.45) is 4.39. The van der Waals surface area contributed by atoms with Gasteiger partial charge in [0.2, 0.25) is 0 Å². The molecule has 0 bridgehead atoms. The first-order chi connectivity index (χ1) is 13.2. The monoisotopic (exact) mass is 398 g/mol. The minimum Gasteiger partial charge on any atom is -0.340 e. The van der Waals surface area contributed by atoms with Crippen molar-refractivity contribution in [3.8, 4) is 5.69 Å². The Morgan fingerprint density at radius 2 is 1.68 bits per heavy atom. The number of hydrogen-bond acceptors (Lipinski definition) is 3. The minimum atomic E-state index is -0.130. The van der Waals surface area contributed by atoms with Gasteiger partial charge in [0.15, 0.2) is 5.65 Å². The number of alkyl halides is 1. The molecular weight excluding hydrogens is 368 g/mol. The highest BCUT2D eigenvalue weighted by Crippen LogP contribution is 2.34. The molecule has 3 aromatic rings. The summed E-state index contributed by atoms with van der Waals surface area (Å²) in [5, 5.41) is 1.09. The third-order valence-electron chi connectivity index (χ3n) is 5.26. The Bertz CT molecular complexity index is 980. The first-order valence-electron chi connectivity index (χ1n) is 10.1. The quantitative estimate of drug-likeness (QED) is 0.368. The number of halogens is 1. The Kier molecular flexibility index (Phi) is 5.99. The van der Waals surface area contributed by atoms with Crippen molar-refractivity contribution in [3.05, 3.63) is 46.4 Å². The minimum absolute atomic E-state index is 0.130. The Hall–Kier alpha value is -2.07. The number of fused-ring (bicyclic) bond motifs is 1. The second kappa shape index (κ2) is 8.12. The van der Waals surface area contributed by atoms with Crippen LogP contribution in [0.25, 0.3) is 16.7 Å². The first-order valence-corrected chi connectivity index (χ1v) is 10.5. The predicted molar refractivity (Wildman–Crippen MR) is 120 cm³/mol. The average molecular weight is 399 g/mol. The van der Waals surface area contributed by atoms with Gasteiger partial charge in [0.1, 0.15) is 17.1 Å². The molecule has 2 heterocycles. The van der Waals surface area contributed by atoms with Gasteiger partial charge >= 0.3 is 0 Å². The van der Waals surface area contributed by atoms with E-state index in [2.05, 4.69) is 62.4 Å². The number of hydrogen-bond donors (Lipinski definition) is 0. The van der Waals surface area contributed by atoms with Crippen LogP contribution in [0.1, 0.15) is 54.8 Å². The van der Waals surface area contributed by atoms with E-state index in [1.165, 1.54) is 27.9 Å². The van der Waals surface area contributed by atoms with Crippen LogP contribution in [0, 0.1) is 34.6 Å². The Morgan fingerprint density at radius 1 is 1.04 bits per heavy atom. The van der Waals surface area contributed by atoms with Gasteiger partial charge in [-0.1, -0.05) is 42.6 Å². The van der Waals surface area contributed by atoms with Crippen molar-refractivity contribution >= 4 is 28.5 Å². The highest BCUT2D eigenvalue weighted by molar-refractivity contribution is 6.21. The molecule has 1 aromatic carbocycles. The van der Waals surface area contributed by atoms with Gasteiger partial charge in [-0.2, -0.15) is 0 Å². The van der Waals surface area contributed by atoms with E-state index in [1.807, 2.05) is 13.8 Å². The number of nitrogens with zero attached hydrogens (tertiary/aromatic N) is 4. The van der Waals surface area contributed by atoms with E-state index in [0.717, 1.165) is 42.1 Å². The van der Waals surface area contributed by atoms with Crippen LogP contribution in [0.15, 0.2) is 18.3 Å². The van der Waals surface area contributed by atoms with E-state index in [9.17, 15) is 0 Å². The maximum atomic E-state index is 6.57. The van der Waals surface area contributed by atoms with Crippen molar-refractivity contribution in [3.63, 3.8) is 0 Å². The van der Waals surface area contributed by atoms with Crippen molar-refractivity contribution in [2.45, 2.75) is 66.8 Å². The molecule has 4 nitrogen and oxygen atoms in total. The number of anilines is 1. The molecule has 3 rings (SSSR count). The van der Waals surface area contributed by atoms with Gasteiger partial charge in [-0.25, -0.2) is 9.97 Å². The van der Waals surface area contributed by atoms with Crippen molar-refractivity contribution in [1.82, 2.24) is 14.5 Å². The van der Waals surface area contributed by atoms with E-state index in [-0.39, 0.29) is 5.50 Å². The van der Waals surface area contributed by atoms with Gasteiger partial charge < -0.3 is 9.47 Å². The van der Waals surface area contributed by atoms with Gasteiger partial charge in [0, 0.05) is 12.7 Å².